The van der Waals surface area contributed by atoms with Crippen molar-refractivity contribution in [2.24, 2.45) is 0 Å². The van der Waals surface area contributed by atoms with Gasteiger partial charge in [0, 0.05) is 51.3 Å². The highest BCUT2D eigenvalue weighted by Gasteiger charge is 2.16. The van der Waals surface area contributed by atoms with Crippen molar-refractivity contribution in [3.05, 3.63) is 48.7 Å². The lowest BCUT2D eigenvalue weighted by atomic mass is 10.2. The molecule has 1 aliphatic heterocycles. The van der Waals surface area contributed by atoms with E-state index < -0.39 is 0 Å². The minimum absolute atomic E-state index is 0.833. The predicted molar refractivity (Wildman–Crippen MR) is 87.1 cm³/mol. The average Bonchev–Trinajstić information content (AvgIpc) is 2.93. The molecule has 4 rings (SSSR count). The Balaban J connectivity index is 1.42. The Kier molecular flexibility index (Phi) is 3.85. The molecule has 23 heavy (non-hydrogen) atoms. The minimum atomic E-state index is 0.833. The Morgan fingerprint density at radius 1 is 1.00 bits per heavy atom. The van der Waals surface area contributed by atoms with E-state index in [2.05, 4.69) is 42.0 Å². The van der Waals surface area contributed by atoms with Crippen LogP contribution in [0.3, 0.4) is 0 Å². The second kappa shape index (κ2) is 6.29. The van der Waals surface area contributed by atoms with E-state index in [9.17, 15) is 0 Å². The van der Waals surface area contributed by atoms with E-state index in [-0.39, 0.29) is 0 Å². The van der Waals surface area contributed by atoms with Crippen LogP contribution in [-0.4, -0.2) is 55.6 Å². The van der Waals surface area contributed by atoms with Crippen molar-refractivity contribution >= 4 is 11.6 Å². The van der Waals surface area contributed by atoms with Gasteiger partial charge in [-0.2, -0.15) is 5.10 Å². The average molecular weight is 309 g/mol. The fraction of sp³-hybridized carbons (Fsp3) is 0.375. The zero-order valence-electron chi connectivity index (χ0n) is 12.9. The summed E-state index contributed by atoms with van der Waals surface area (Å²) in [7, 11) is 0. The Bertz CT molecular complexity index is 770. The van der Waals surface area contributed by atoms with Gasteiger partial charge in [-0.25, -0.2) is 19.5 Å². The molecule has 3 aromatic heterocycles. The zero-order valence-corrected chi connectivity index (χ0v) is 12.9. The molecule has 0 N–H and O–H groups in total. The summed E-state index contributed by atoms with van der Waals surface area (Å²) in [4.78, 5) is 17.7. The van der Waals surface area contributed by atoms with Crippen molar-refractivity contribution in [3.8, 4) is 0 Å². The smallest absolute Gasteiger partial charge is 0.225 e. The molecular formula is C16H19N7. The third-order valence-electron chi connectivity index (χ3n) is 4.17. The van der Waals surface area contributed by atoms with Crippen LogP contribution in [0.5, 0.6) is 0 Å². The summed E-state index contributed by atoms with van der Waals surface area (Å²) in [5.41, 5.74) is 2.17. The molecule has 0 saturated carbocycles. The van der Waals surface area contributed by atoms with Crippen molar-refractivity contribution < 1.29 is 0 Å². The van der Waals surface area contributed by atoms with Gasteiger partial charge in [0.2, 0.25) is 5.95 Å². The number of pyridine rings is 1. The molecule has 0 atom stereocenters. The molecule has 1 saturated heterocycles. The summed E-state index contributed by atoms with van der Waals surface area (Å²) in [6.07, 6.45) is 8.28. The lowest BCUT2D eigenvalue weighted by Gasteiger charge is -2.21. The van der Waals surface area contributed by atoms with Gasteiger partial charge in [0.1, 0.15) is 6.33 Å². The van der Waals surface area contributed by atoms with Crippen LogP contribution in [0, 0.1) is 0 Å². The topological polar surface area (TPSA) is 62.5 Å². The third-order valence-corrected chi connectivity index (χ3v) is 4.17. The molecule has 0 spiro atoms. The molecule has 1 fully saturated rings. The van der Waals surface area contributed by atoms with Crippen LogP contribution in [0.25, 0.3) is 5.65 Å². The van der Waals surface area contributed by atoms with Crippen LogP contribution in [0.2, 0.25) is 0 Å². The van der Waals surface area contributed by atoms with Crippen molar-refractivity contribution in [2.45, 2.75) is 13.0 Å². The lowest BCUT2D eigenvalue weighted by Crippen LogP contribution is -2.31. The molecule has 1 aliphatic rings. The van der Waals surface area contributed by atoms with Gasteiger partial charge in [0.25, 0.3) is 0 Å². The first-order valence-corrected chi connectivity index (χ1v) is 7.91. The number of nitrogens with zero attached hydrogens (tertiary/aromatic N) is 7. The molecule has 0 amide bonds. The normalized spacial score (nSPS) is 16.6. The van der Waals surface area contributed by atoms with Gasteiger partial charge in [0.15, 0.2) is 5.65 Å². The quantitative estimate of drug-likeness (QED) is 0.725. The summed E-state index contributed by atoms with van der Waals surface area (Å²) in [6, 6.07) is 6.08. The van der Waals surface area contributed by atoms with E-state index in [4.69, 9.17) is 0 Å². The number of anilines is 1. The Labute approximate surface area is 134 Å². The first-order chi connectivity index (χ1) is 11.4. The van der Waals surface area contributed by atoms with E-state index in [0.717, 1.165) is 50.7 Å². The van der Waals surface area contributed by atoms with Crippen LogP contribution in [0.4, 0.5) is 5.95 Å². The molecule has 0 radical (unpaired) electrons. The van der Waals surface area contributed by atoms with Gasteiger partial charge in [-0.05, 0) is 30.2 Å². The maximum Gasteiger partial charge on any atom is 0.225 e. The summed E-state index contributed by atoms with van der Waals surface area (Å²) < 4.78 is 1.79. The second-order valence-electron chi connectivity index (χ2n) is 5.76. The third kappa shape index (κ3) is 3.14. The maximum atomic E-state index is 4.36. The van der Waals surface area contributed by atoms with E-state index in [1.54, 1.807) is 23.2 Å². The van der Waals surface area contributed by atoms with E-state index in [1.807, 2.05) is 12.3 Å². The molecule has 3 aromatic rings. The second-order valence-corrected chi connectivity index (χ2v) is 5.76. The highest BCUT2D eigenvalue weighted by Crippen LogP contribution is 2.13. The highest BCUT2D eigenvalue weighted by atomic mass is 15.3. The predicted octanol–water partition coefficient (Wildman–Crippen LogP) is 1.23. The number of fused-ring (bicyclic) bond motifs is 1. The SMILES string of the molecule is c1cnc(N2CCCN(Cc3ccn4ncnc4c3)CC2)nc1. The molecule has 7 nitrogen and oxygen atoms in total. The highest BCUT2D eigenvalue weighted by molar-refractivity contribution is 5.39. The zero-order chi connectivity index (χ0) is 15.5. The Morgan fingerprint density at radius 3 is 2.83 bits per heavy atom. The molecule has 7 heteroatoms. The number of hydrogen-bond acceptors (Lipinski definition) is 6. The first kappa shape index (κ1) is 14.1. The summed E-state index contributed by atoms with van der Waals surface area (Å²) in [5.74, 6) is 0.833. The molecule has 0 unspecified atom stereocenters. The van der Waals surface area contributed by atoms with Crippen LogP contribution in [0.1, 0.15) is 12.0 Å². The summed E-state index contributed by atoms with van der Waals surface area (Å²) in [5, 5.41) is 4.14. The van der Waals surface area contributed by atoms with E-state index in [0.29, 0.717) is 0 Å². The van der Waals surface area contributed by atoms with Gasteiger partial charge >= 0.3 is 0 Å². The van der Waals surface area contributed by atoms with E-state index >= 15 is 0 Å². The van der Waals surface area contributed by atoms with Crippen molar-refractivity contribution in [2.75, 3.05) is 31.1 Å². The first-order valence-electron chi connectivity index (χ1n) is 7.91. The van der Waals surface area contributed by atoms with Crippen LogP contribution in [0.15, 0.2) is 43.1 Å². The largest absolute Gasteiger partial charge is 0.339 e. The minimum Gasteiger partial charge on any atom is -0.339 e. The molecule has 0 aromatic carbocycles. The summed E-state index contributed by atoms with van der Waals surface area (Å²) >= 11 is 0. The van der Waals surface area contributed by atoms with Gasteiger partial charge in [0.05, 0.1) is 0 Å². The number of hydrogen-bond donors (Lipinski definition) is 0. The van der Waals surface area contributed by atoms with Crippen molar-refractivity contribution in [1.29, 1.82) is 0 Å². The standard InChI is InChI=1S/C16H19N7/c1-4-17-16(18-5-1)22-7-2-6-21(9-10-22)12-14-3-8-23-15(11-14)19-13-20-23/h1,3-5,8,11,13H,2,6-7,9-10,12H2. The molecule has 0 bridgehead atoms. The van der Waals surface area contributed by atoms with Gasteiger partial charge in [-0.1, -0.05) is 0 Å². The molecule has 4 heterocycles. The van der Waals surface area contributed by atoms with Crippen LogP contribution < -0.4 is 4.90 Å². The van der Waals surface area contributed by atoms with Crippen molar-refractivity contribution in [3.63, 3.8) is 0 Å². The molecule has 0 aliphatic carbocycles. The van der Waals surface area contributed by atoms with E-state index in [1.165, 1.54) is 5.56 Å². The van der Waals surface area contributed by atoms with Gasteiger partial charge < -0.3 is 4.90 Å². The molecule has 118 valence electrons. The van der Waals surface area contributed by atoms with Gasteiger partial charge in [-0.3, -0.25) is 4.90 Å². The van der Waals surface area contributed by atoms with Crippen molar-refractivity contribution in [1.82, 2.24) is 29.5 Å². The lowest BCUT2D eigenvalue weighted by molar-refractivity contribution is 0.285. The van der Waals surface area contributed by atoms with Gasteiger partial charge in [-0.15, -0.1) is 0 Å². The summed E-state index contributed by atoms with van der Waals surface area (Å²) in [6.45, 7) is 4.99. The van der Waals surface area contributed by atoms with Crippen LogP contribution in [-0.2, 0) is 6.54 Å². The molecular weight excluding hydrogens is 290 g/mol. The number of aromatic nitrogens is 5. The Hall–Kier alpha value is -2.54. The maximum absolute atomic E-state index is 4.36. The van der Waals surface area contributed by atoms with Crippen LogP contribution >= 0.6 is 0 Å². The fourth-order valence-corrected chi connectivity index (χ4v) is 3.00. The monoisotopic (exact) mass is 309 g/mol. The fourth-order valence-electron chi connectivity index (χ4n) is 3.00. The Morgan fingerprint density at radius 2 is 1.91 bits per heavy atom. The number of rotatable bonds is 3.